The fourth-order valence-electron chi connectivity index (χ4n) is 9.73. The van der Waals surface area contributed by atoms with Crippen LogP contribution in [0.1, 0.15) is 153 Å². The summed E-state index contributed by atoms with van der Waals surface area (Å²) in [5.74, 6) is 1.94. The zero-order valence-corrected chi connectivity index (χ0v) is 38.3. The van der Waals surface area contributed by atoms with Gasteiger partial charge in [-0.15, -0.1) is 0 Å². The van der Waals surface area contributed by atoms with Crippen LogP contribution in [0.4, 0.5) is 0 Å². The zero-order valence-electron chi connectivity index (χ0n) is 38.3. The molecule has 0 radical (unpaired) electrons. The van der Waals surface area contributed by atoms with E-state index in [9.17, 15) is 29.7 Å². The first-order chi connectivity index (χ1) is 27.7. The third kappa shape index (κ3) is 13.1. The van der Waals surface area contributed by atoms with Crippen molar-refractivity contribution in [3.63, 3.8) is 0 Å². The summed E-state index contributed by atoms with van der Waals surface area (Å²) in [6, 6.07) is 0. The number of aliphatic hydroxyl groups is 3. The van der Waals surface area contributed by atoms with Gasteiger partial charge >= 0.3 is 17.9 Å². The van der Waals surface area contributed by atoms with E-state index in [1.54, 1.807) is 0 Å². The maximum absolute atomic E-state index is 12.9. The van der Waals surface area contributed by atoms with Crippen molar-refractivity contribution in [3.8, 4) is 0 Å². The quantitative estimate of drug-likeness (QED) is 0.109. The Kier molecular flexibility index (Phi) is 17.7. The largest absolute Gasteiger partial charge is 0.462 e. The van der Waals surface area contributed by atoms with Crippen LogP contribution in [0.2, 0.25) is 0 Å². The SMILES string of the molecule is CCC(C)(C)C(=O)O[C@H]1C[C@@H](C)C=C2C=C[C@H](C)[C@H](CC[C@@H]3C[C@@H](O)CC(=O)O3)[C@H]21.CC[C@H](O)C[C@H](O)CC[C@@H]1[C@@H]2C(=C[C@H](C)C[C@@H]2OC(=O)C(C)(C)CC)C=C[C@@H]1C. The molecule has 9 heteroatoms. The normalized spacial score (nSPS) is 34.1. The van der Waals surface area contributed by atoms with Crippen LogP contribution < -0.4 is 0 Å². The number of hydrogen-bond donors (Lipinski definition) is 3. The van der Waals surface area contributed by atoms with Gasteiger partial charge in [-0.3, -0.25) is 14.4 Å². The van der Waals surface area contributed by atoms with Gasteiger partial charge in [0.05, 0.1) is 35.6 Å². The Hall–Kier alpha value is -2.75. The molecule has 1 saturated heterocycles. The van der Waals surface area contributed by atoms with Crippen molar-refractivity contribution in [3.05, 3.63) is 47.6 Å². The minimum atomic E-state index is -0.601. The van der Waals surface area contributed by atoms with E-state index in [1.165, 1.54) is 11.1 Å². The van der Waals surface area contributed by atoms with E-state index in [1.807, 2.05) is 48.5 Å². The molecule has 0 aromatic heterocycles. The minimum Gasteiger partial charge on any atom is -0.462 e. The average molecular weight is 825 g/mol. The molecule has 334 valence electrons. The summed E-state index contributed by atoms with van der Waals surface area (Å²) >= 11 is 0. The van der Waals surface area contributed by atoms with Crippen LogP contribution in [0.5, 0.6) is 0 Å². The molecule has 14 atom stereocenters. The van der Waals surface area contributed by atoms with Gasteiger partial charge in [-0.25, -0.2) is 0 Å². The number of aliphatic hydroxyl groups excluding tert-OH is 3. The molecule has 0 aromatic rings. The number of ether oxygens (including phenoxy) is 3. The summed E-state index contributed by atoms with van der Waals surface area (Å²) in [6.07, 6.45) is 19.6. The van der Waals surface area contributed by atoms with Gasteiger partial charge in [0.1, 0.15) is 18.3 Å². The third-order valence-corrected chi connectivity index (χ3v) is 14.5. The summed E-state index contributed by atoms with van der Waals surface area (Å²) in [5.41, 5.74) is 1.59. The predicted molar refractivity (Wildman–Crippen MR) is 233 cm³/mol. The van der Waals surface area contributed by atoms with Crippen LogP contribution in [0, 0.1) is 58.2 Å². The molecule has 0 saturated carbocycles. The summed E-state index contributed by atoms with van der Waals surface area (Å²) in [6.45, 7) is 22.6. The van der Waals surface area contributed by atoms with Gasteiger partial charge in [-0.1, -0.05) is 84.9 Å². The first kappa shape index (κ1) is 48.9. The molecule has 4 aliphatic carbocycles. The lowest BCUT2D eigenvalue weighted by Crippen LogP contribution is -2.43. The molecule has 1 aliphatic heterocycles. The van der Waals surface area contributed by atoms with Crippen LogP contribution in [0.25, 0.3) is 0 Å². The third-order valence-electron chi connectivity index (χ3n) is 14.5. The first-order valence-electron chi connectivity index (χ1n) is 23.1. The van der Waals surface area contributed by atoms with Gasteiger partial charge in [0.15, 0.2) is 0 Å². The van der Waals surface area contributed by atoms with Gasteiger partial charge in [-0.2, -0.15) is 0 Å². The fourth-order valence-corrected chi connectivity index (χ4v) is 9.73. The van der Waals surface area contributed by atoms with Crippen molar-refractivity contribution >= 4 is 17.9 Å². The molecule has 9 nitrogen and oxygen atoms in total. The predicted octanol–water partition coefficient (Wildman–Crippen LogP) is 9.63. The van der Waals surface area contributed by atoms with Crippen LogP contribution >= 0.6 is 0 Å². The fraction of sp³-hybridized carbons (Fsp3) is 0.780. The van der Waals surface area contributed by atoms with E-state index in [-0.39, 0.29) is 54.5 Å². The highest BCUT2D eigenvalue weighted by atomic mass is 16.6. The Balaban J connectivity index is 0.000000261. The average Bonchev–Trinajstić information content (AvgIpc) is 3.16. The maximum atomic E-state index is 12.9. The van der Waals surface area contributed by atoms with Gasteiger partial charge < -0.3 is 29.5 Å². The highest BCUT2D eigenvalue weighted by Crippen LogP contribution is 2.47. The lowest BCUT2D eigenvalue weighted by molar-refractivity contribution is -0.166. The number of carbonyl (C=O) groups excluding carboxylic acids is 3. The van der Waals surface area contributed by atoms with Crippen molar-refractivity contribution in [1.82, 2.24) is 0 Å². The molecule has 1 fully saturated rings. The molecule has 0 unspecified atom stereocenters. The Morgan fingerprint density at radius 3 is 1.66 bits per heavy atom. The number of fused-ring (bicyclic) bond motifs is 2. The second-order valence-corrected chi connectivity index (χ2v) is 20.2. The van der Waals surface area contributed by atoms with Crippen molar-refractivity contribution in [2.24, 2.45) is 58.2 Å². The molecule has 5 aliphatic rings. The van der Waals surface area contributed by atoms with Crippen molar-refractivity contribution in [2.75, 3.05) is 0 Å². The monoisotopic (exact) mass is 825 g/mol. The van der Waals surface area contributed by atoms with Gasteiger partial charge in [0, 0.05) is 18.3 Å². The molecule has 0 aromatic carbocycles. The Labute approximate surface area is 356 Å². The van der Waals surface area contributed by atoms with E-state index in [4.69, 9.17) is 14.2 Å². The molecular weight excluding hydrogens is 745 g/mol. The van der Waals surface area contributed by atoms with Gasteiger partial charge in [0.2, 0.25) is 0 Å². The molecule has 3 N–H and O–H groups in total. The number of esters is 3. The van der Waals surface area contributed by atoms with E-state index < -0.39 is 29.1 Å². The highest BCUT2D eigenvalue weighted by Gasteiger charge is 2.45. The lowest BCUT2D eigenvalue weighted by atomic mass is 9.65. The second kappa shape index (κ2) is 21.4. The Morgan fingerprint density at radius 2 is 1.22 bits per heavy atom. The topological polar surface area (TPSA) is 140 Å². The van der Waals surface area contributed by atoms with E-state index in [0.29, 0.717) is 61.2 Å². The van der Waals surface area contributed by atoms with Crippen molar-refractivity contribution in [1.29, 1.82) is 0 Å². The highest BCUT2D eigenvalue weighted by molar-refractivity contribution is 5.76. The zero-order chi connectivity index (χ0) is 43.8. The molecule has 5 rings (SSSR count). The Morgan fingerprint density at radius 1 is 0.746 bits per heavy atom. The molecular formula is C50H80O9. The second-order valence-electron chi connectivity index (χ2n) is 20.2. The van der Waals surface area contributed by atoms with E-state index in [2.05, 4.69) is 64.2 Å². The number of hydrogen-bond acceptors (Lipinski definition) is 9. The number of allylic oxidation sites excluding steroid dienone is 6. The minimum absolute atomic E-state index is 0.0949. The standard InChI is InChI=1S/C25H38O5.C25H42O4/c1-6-25(4,5)24(28)30-21-12-15(2)11-17-8-7-16(3)20(23(17)21)10-9-19-13-18(26)14-22(27)29-19;1-7-19(26)15-20(27)11-12-21-17(4)9-10-18-13-16(3)14-22(23(18)21)29-24(28)25(5,6)8-2/h7-8,11,15-16,18-21,23,26H,6,9-10,12-14H2,1-5H3;9-10,13,16-17,19-23,26-27H,7-8,11-12,14-15H2,1-6H3/t15-,16-,18+,19+,20-,21-,23-;16-,17-,19-,20+,21-,22-,23-/m00/s1. The van der Waals surface area contributed by atoms with E-state index >= 15 is 0 Å². The van der Waals surface area contributed by atoms with Crippen molar-refractivity contribution in [2.45, 2.75) is 190 Å². The molecule has 1 heterocycles. The number of cyclic esters (lactones) is 1. The number of carbonyl (C=O) groups is 3. The van der Waals surface area contributed by atoms with Crippen LogP contribution in [-0.4, -0.2) is 69.9 Å². The summed E-state index contributed by atoms with van der Waals surface area (Å²) < 4.78 is 17.8. The van der Waals surface area contributed by atoms with Crippen LogP contribution in [-0.2, 0) is 28.6 Å². The Bertz CT molecular complexity index is 1540. The van der Waals surface area contributed by atoms with Crippen LogP contribution in [0.3, 0.4) is 0 Å². The molecule has 59 heavy (non-hydrogen) atoms. The van der Waals surface area contributed by atoms with Crippen molar-refractivity contribution < 1.29 is 43.9 Å². The van der Waals surface area contributed by atoms with E-state index in [0.717, 1.165) is 44.9 Å². The van der Waals surface area contributed by atoms with Crippen LogP contribution in [0.15, 0.2) is 47.6 Å². The molecule has 0 spiro atoms. The molecule has 0 bridgehead atoms. The molecule has 0 amide bonds. The number of rotatable bonds is 15. The smallest absolute Gasteiger partial charge is 0.311 e. The summed E-state index contributed by atoms with van der Waals surface area (Å²) in [5, 5.41) is 30.1. The van der Waals surface area contributed by atoms with Gasteiger partial charge in [-0.05, 0) is 139 Å². The lowest BCUT2D eigenvalue weighted by Gasteiger charge is -2.44. The first-order valence-corrected chi connectivity index (χ1v) is 23.1. The summed E-state index contributed by atoms with van der Waals surface area (Å²) in [7, 11) is 0. The maximum Gasteiger partial charge on any atom is 0.311 e. The van der Waals surface area contributed by atoms with Gasteiger partial charge in [0.25, 0.3) is 0 Å². The summed E-state index contributed by atoms with van der Waals surface area (Å²) in [4.78, 5) is 37.4.